The second kappa shape index (κ2) is 5.78. The summed E-state index contributed by atoms with van der Waals surface area (Å²) in [5, 5.41) is 5.62. The third kappa shape index (κ3) is 3.77. The van der Waals surface area contributed by atoms with E-state index in [1.165, 1.54) is 12.1 Å². The van der Waals surface area contributed by atoms with Crippen LogP contribution in [0.4, 0.5) is 32.0 Å². The lowest BCUT2D eigenvalue weighted by Gasteiger charge is -2.11. The molecule has 0 spiro atoms. The van der Waals surface area contributed by atoms with Gasteiger partial charge in [0.1, 0.15) is 5.69 Å². The van der Waals surface area contributed by atoms with E-state index in [1.807, 2.05) is 0 Å². The summed E-state index contributed by atoms with van der Waals surface area (Å²) in [6.45, 7) is 0. The summed E-state index contributed by atoms with van der Waals surface area (Å²) >= 11 is 0. The zero-order chi connectivity index (χ0) is 18.4. The topological polar surface area (TPSA) is 46.9 Å². The van der Waals surface area contributed by atoms with E-state index in [1.54, 1.807) is 0 Å². The maximum absolute atomic E-state index is 13.0. The predicted octanol–water partition coefficient (Wildman–Crippen LogP) is 4.26. The quantitative estimate of drug-likeness (QED) is 0.829. The molecule has 0 aliphatic heterocycles. The number of rotatable bonds is 3. The van der Waals surface area contributed by atoms with Gasteiger partial charge in [-0.05, 0) is 37.1 Å². The monoisotopic (exact) mass is 363 g/mol. The van der Waals surface area contributed by atoms with Gasteiger partial charge in [-0.25, -0.2) is 4.68 Å². The van der Waals surface area contributed by atoms with Crippen molar-refractivity contribution in [1.29, 1.82) is 0 Å². The maximum Gasteiger partial charge on any atom is 0.435 e. The van der Waals surface area contributed by atoms with E-state index in [0.717, 1.165) is 25.0 Å². The largest absolute Gasteiger partial charge is 0.435 e. The number of hydrogen-bond acceptors (Lipinski definition) is 2. The second-order valence-corrected chi connectivity index (χ2v) is 5.63. The van der Waals surface area contributed by atoms with Gasteiger partial charge in [0.2, 0.25) is 5.91 Å². The molecule has 1 aromatic carbocycles. The summed E-state index contributed by atoms with van der Waals surface area (Å²) in [6.07, 6.45) is -8.43. The lowest BCUT2D eigenvalue weighted by Crippen LogP contribution is -2.14. The molecule has 4 nitrogen and oxygen atoms in total. The van der Waals surface area contributed by atoms with Gasteiger partial charge >= 0.3 is 12.4 Å². The number of hydrogen-bond donors (Lipinski definition) is 1. The summed E-state index contributed by atoms with van der Waals surface area (Å²) < 4.78 is 77.2. The summed E-state index contributed by atoms with van der Waals surface area (Å²) in [5.74, 6) is -0.251. The van der Waals surface area contributed by atoms with Crippen LogP contribution in [-0.2, 0) is 17.1 Å². The van der Waals surface area contributed by atoms with Gasteiger partial charge in [0.05, 0.1) is 5.69 Å². The zero-order valence-corrected chi connectivity index (χ0v) is 12.4. The van der Waals surface area contributed by atoms with Crippen molar-refractivity contribution in [3.05, 3.63) is 41.7 Å². The lowest BCUT2D eigenvalue weighted by molar-refractivity contribution is -0.143. The number of halogens is 6. The number of aromatic nitrogens is 2. The van der Waals surface area contributed by atoms with Crippen LogP contribution in [0, 0.1) is 5.92 Å². The van der Waals surface area contributed by atoms with E-state index in [0.29, 0.717) is 5.69 Å². The number of alkyl halides is 6. The van der Waals surface area contributed by atoms with Crippen LogP contribution >= 0.6 is 0 Å². The summed E-state index contributed by atoms with van der Waals surface area (Å²) in [4.78, 5) is 11.6. The Morgan fingerprint density at radius 2 is 1.64 bits per heavy atom. The van der Waals surface area contributed by atoms with Crippen molar-refractivity contribution in [3.63, 3.8) is 0 Å². The highest BCUT2D eigenvalue weighted by Gasteiger charge is 2.42. The van der Waals surface area contributed by atoms with Crippen molar-refractivity contribution in [2.24, 2.45) is 5.92 Å². The van der Waals surface area contributed by atoms with Crippen molar-refractivity contribution < 1.29 is 31.1 Å². The number of benzene rings is 1. The van der Waals surface area contributed by atoms with Crippen molar-refractivity contribution in [1.82, 2.24) is 9.78 Å². The molecule has 1 aliphatic carbocycles. The van der Waals surface area contributed by atoms with Gasteiger partial charge in [-0.15, -0.1) is 0 Å². The molecule has 134 valence electrons. The molecule has 10 heteroatoms. The smallest absolute Gasteiger partial charge is 0.326 e. The molecule has 25 heavy (non-hydrogen) atoms. The minimum absolute atomic E-state index is 0.0389. The molecule has 0 bridgehead atoms. The van der Waals surface area contributed by atoms with Crippen molar-refractivity contribution >= 4 is 11.6 Å². The number of carbonyl (C=O) groups is 1. The molecule has 2 aromatic rings. The van der Waals surface area contributed by atoms with E-state index in [4.69, 9.17) is 0 Å². The Hall–Kier alpha value is -2.52. The minimum atomic E-state index is -5.00. The number of nitrogens with one attached hydrogen (secondary N) is 1. The van der Waals surface area contributed by atoms with Gasteiger partial charge in [-0.1, -0.05) is 0 Å². The molecule has 1 aromatic heterocycles. The van der Waals surface area contributed by atoms with Crippen LogP contribution in [0.3, 0.4) is 0 Å². The normalized spacial score (nSPS) is 15.3. The minimum Gasteiger partial charge on any atom is -0.326 e. The molecule has 1 fully saturated rings. The molecule has 1 heterocycles. The average molecular weight is 363 g/mol. The molecule has 0 atom stereocenters. The third-order valence-corrected chi connectivity index (χ3v) is 3.62. The SMILES string of the molecule is O=C(Nc1ccc(-n2nc(C(F)(F)F)cc2C(F)(F)F)cc1)C1CC1. The summed E-state index contributed by atoms with van der Waals surface area (Å²) in [6, 6.07) is 4.90. The first-order chi connectivity index (χ1) is 11.6. The highest BCUT2D eigenvalue weighted by atomic mass is 19.4. The summed E-state index contributed by atoms with van der Waals surface area (Å²) in [7, 11) is 0. The van der Waals surface area contributed by atoms with E-state index in [2.05, 4.69) is 10.4 Å². The van der Waals surface area contributed by atoms with E-state index < -0.39 is 23.7 Å². The first-order valence-electron chi connectivity index (χ1n) is 7.21. The maximum atomic E-state index is 13.0. The fourth-order valence-corrected chi connectivity index (χ4v) is 2.19. The van der Waals surface area contributed by atoms with Gasteiger partial charge < -0.3 is 5.32 Å². The molecule has 1 saturated carbocycles. The lowest BCUT2D eigenvalue weighted by atomic mass is 10.2. The average Bonchev–Trinajstić information content (AvgIpc) is 3.23. The van der Waals surface area contributed by atoms with Gasteiger partial charge in [0, 0.05) is 17.7 Å². The molecule has 1 aliphatic rings. The number of nitrogens with zero attached hydrogens (tertiary/aromatic N) is 2. The molecular formula is C15H11F6N3O. The van der Waals surface area contributed by atoms with Crippen LogP contribution in [0.2, 0.25) is 0 Å². The first kappa shape index (κ1) is 17.3. The fourth-order valence-electron chi connectivity index (χ4n) is 2.19. The van der Waals surface area contributed by atoms with E-state index in [-0.39, 0.29) is 28.3 Å². The van der Waals surface area contributed by atoms with Crippen LogP contribution in [0.25, 0.3) is 5.69 Å². The highest BCUT2D eigenvalue weighted by Crippen LogP contribution is 2.36. The zero-order valence-electron chi connectivity index (χ0n) is 12.4. The van der Waals surface area contributed by atoms with Gasteiger partial charge in [-0.3, -0.25) is 4.79 Å². The van der Waals surface area contributed by atoms with Crippen LogP contribution in [0.5, 0.6) is 0 Å². The van der Waals surface area contributed by atoms with E-state index >= 15 is 0 Å². The molecule has 0 unspecified atom stereocenters. The molecule has 0 radical (unpaired) electrons. The third-order valence-electron chi connectivity index (χ3n) is 3.62. The van der Waals surface area contributed by atoms with Crippen LogP contribution in [0.1, 0.15) is 24.2 Å². The van der Waals surface area contributed by atoms with Crippen LogP contribution < -0.4 is 5.32 Å². The Morgan fingerprint density at radius 3 is 2.12 bits per heavy atom. The second-order valence-electron chi connectivity index (χ2n) is 5.63. The Balaban J connectivity index is 1.92. The summed E-state index contributed by atoms with van der Waals surface area (Å²) in [5.41, 5.74) is -3.02. The van der Waals surface area contributed by atoms with Gasteiger partial charge in [0.25, 0.3) is 0 Å². The van der Waals surface area contributed by atoms with Gasteiger partial charge in [0.15, 0.2) is 5.69 Å². The molecule has 0 saturated heterocycles. The number of anilines is 1. The van der Waals surface area contributed by atoms with Crippen LogP contribution in [-0.4, -0.2) is 15.7 Å². The molecule has 3 rings (SSSR count). The Kier molecular flexibility index (Phi) is 4.00. The Bertz CT molecular complexity index is 787. The predicted molar refractivity (Wildman–Crippen MR) is 74.9 cm³/mol. The number of amides is 1. The van der Waals surface area contributed by atoms with E-state index in [9.17, 15) is 31.1 Å². The standard InChI is InChI=1S/C15H11F6N3O/c16-14(17,18)11-7-12(15(19,20)21)24(23-11)10-5-3-9(4-6-10)22-13(25)8-1-2-8/h3-8H,1-2H2,(H,22,25). The molecule has 1 N–H and O–H groups in total. The first-order valence-corrected chi connectivity index (χ1v) is 7.21. The molecular weight excluding hydrogens is 352 g/mol. The van der Waals surface area contributed by atoms with Gasteiger partial charge in [-0.2, -0.15) is 31.4 Å². The van der Waals surface area contributed by atoms with Crippen molar-refractivity contribution in [3.8, 4) is 5.69 Å². The van der Waals surface area contributed by atoms with Crippen molar-refractivity contribution in [2.45, 2.75) is 25.2 Å². The number of carbonyl (C=O) groups excluding carboxylic acids is 1. The highest BCUT2D eigenvalue weighted by molar-refractivity contribution is 5.94. The van der Waals surface area contributed by atoms with Crippen molar-refractivity contribution in [2.75, 3.05) is 5.32 Å². The fraction of sp³-hybridized carbons (Fsp3) is 0.333. The Morgan fingerprint density at radius 1 is 1.04 bits per heavy atom. The van der Waals surface area contributed by atoms with Crippen LogP contribution in [0.15, 0.2) is 30.3 Å². The Labute approximate surface area is 137 Å². The molecule has 1 amide bonds.